The van der Waals surface area contributed by atoms with Gasteiger partial charge in [0.1, 0.15) is 17.4 Å². The van der Waals surface area contributed by atoms with Crippen LogP contribution in [0.15, 0.2) is 77.0 Å². The highest BCUT2D eigenvalue weighted by atomic mass is 79.9. The first-order valence-electron chi connectivity index (χ1n) is 13.6. The van der Waals surface area contributed by atoms with E-state index in [0.29, 0.717) is 11.3 Å². The normalized spacial score (nSPS) is 15.0. The quantitative estimate of drug-likeness (QED) is 0.237. The highest BCUT2D eigenvalue weighted by Crippen LogP contribution is 2.29. The Morgan fingerprint density at radius 1 is 1.07 bits per heavy atom. The van der Waals surface area contributed by atoms with Crippen molar-refractivity contribution < 1.29 is 32.7 Å². The summed E-state index contributed by atoms with van der Waals surface area (Å²) in [6, 6.07) is 16.1. The Hall–Kier alpha value is -3.91. The Bertz CT molecular complexity index is 1480. The highest BCUT2D eigenvalue weighted by Gasteiger charge is 2.34. The Labute approximate surface area is 264 Å². The van der Waals surface area contributed by atoms with Crippen molar-refractivity contribution in [3.8, 4) is 0 Å². The number of nitrogens with zero attached hydrogens (tertiary/aromatic N) is 3. The topological polar surface area (TPSA) is 125 Å². The molecular weight excluding hydrogens is 663 g/mol. The number of thioether (sulfide) groups is 1. The van der Waals surface area contributed by atoms with Crippen molar-refractivity contribution in [2.24, 2.45) is 5.92 Å². The zero-order valence-electron chi connectivity index (χ0n) is 23.3. The molecule has 2 amide bonds. The molecule has 2 aromatic carbocycles. The predicted octanol–water partition coefficient (Wildman–Crippen LogP) is 5.13. The average Bonchev–Trinajstić information content (AvgIpc) is 3.01. The number of hydrogen-bond donors (Lipinski definition) is 3. The fourth-order valence-electron chi connectivity index (χ4n) is 4.40. The summed E-state index contributed by atoms with van der Waals surface area (Å²) in [5.41, 5.74) is 0.441. The van der Waals surface area contributed by atoms with Crippen LogP contribution in [0.1, 0.15) is 29.7 Å². The molecule has 0 saturated carbocycles. The molecule has 232 valence electrons. The van der Waals surface area contributed by atoms with Crippen LogP contribution in [0.2, 0.25) is 0 Å². The summed E-state index contributed by atoms with van der Waals surface area (Å²) in [6.07, 6.45) is -1.53. The first-order chi connectivity index (χ1) is 21.0. The molecule has 0 bridgehead atoms. The molecule has 0 spiro atoms. The molecule has 44 heavy (non-hydrogen) atoms. The number of hydrogen-bond acceptors (Lipinski definition) is 7. The van der Waals surface area contributed by atoms with Crippen LogP contribution in [-0.2, 0) is 26.3 Å². The molecule has 3 aromatic rings. The van der Waals surface area contributed by atoms with E-state index in [2.05, 4.69) is 36.5 Å². The van der Waals surface area contributed by atoms with Gasteiger partial charge in [-0.1, -0.05) is 58.4 Å². The number of carbonyl (C=O) groups excluding carboxylic acids is 2. The number of piperidine rings is 1. The molecule has 1 fully saturated rings. The van der Waals surface area contributed by atoms with E-state index in [9.17, 15) is 32.7 Å². The predicted molar refractivity (Wildman–Crippen MR) is 164 cm³/mol. The maximum Gasteiger partial charge on any atom is 0.433 e. The van der Waals surface area contributed by atoms with E-state index in [4.69, 9.17) is 0 Å². The second kappa shape index (κ2) is 15.2. The summed E-state index contributed by atoms with van der Waals surface area (Å²) in [7, 11) is 0. The summed E-state index contributed by atoms with van der Waals surface area (Å²) in [4.78, 5) is 47.7. The van der Waals surface area contributed by atoms with Gasteiger partial charge in [-0.05, 0) is 48.2 Å². The maximum absolute atomic E-state index is 13.3. The van der Waals surface area contributed by atoms with E-state index in [1.54, 1.807) is 29.2 Å². The van der Waals surface area contributed by atoms with E-state index in [-0.39, 0.29) is 43.3 Å². The number of halogens is 4. The van der Waals surface area contributed by atoms with Crippen molar-refractivity contribution in [1.82, 2.24) is 20.6 Å². The average molecular weight is 693 g/mol. The second-order valence-corrected chi connectivity index (χ2v) is 11.9. The molecule has 9 nitrogen and oxygen atoms in total. The van der Waals surface area contributed by atoms with Crippen LogP contribution in [0.5, 0.6) is 0 Å². The van der Waals surface area contributed by atoms with Crippen LogP contribution in [0.3, 0.4) is 0 Å². The third kappa shape index (κ3) is 9.55. The van der Waals surface area contributed by atoms with E-state index in [1.165, 1.54) is 17.8 Å². The number of carboxylic acids is 1. The Balaban J connectivity index is 1.42. The van der Waals surface area contributed by atoms with E-state index in [1.807, 2.05) is 30.3 Å². The van der Waals surface area contributed by atoms with Gasteiger partial charge >= 0.3 is 12.1 Å². The van der Waals surface area contributed by atoms with Crippen LogP contribution in [0.25, 0.3) is 6.08 Å². The number of alkyl halides is 3. The SMILES string of the molecule is O=C(N[C@@H](CSCc1ccccc1)C(=O)O)/C(=C\c1ccc(Br)cc1)NC(=O)C1CCN(c2nccc(C(F)(F)F)n2)CC1. The number of amides is 2. The minimum Gasteiger partial charge on any atom is -0.480 e. The molecule has 0 aliphatic carbocycles. The van der Waals surface area contributed by atoms with Crippen LogP contribution >= 0.6 is 27.7 Å². The smallest absolute Gasteiger partial charge is 0.433 e. The second-order valence-electron chi connectivity index (χ2n) is 9.96. The maximum atomic E-state index is 13.3. The van der Waals surface area contributed by atoms with Crippen LogP contribution in [0, 0.1) is 5.92 Å². The number of aromatic nitrogens is 2. The van der Waals surface area contributed by atoms with Gasteiger partial charge < -0.3 is 20.6 Å². The van der Waals surface area contributed by atoms with Gasteiger partial charge in [-0.15, -0.1) is 0 Å². The van der Waals surface area contributed by atoms with Gasteiger partial charge in [0.05, 0.1) is 0 Å². The lowest BCUT2D eigenvalue weighted by Gasteiger charge is -2.31. The van der Waals surface area contributed by atoms with Gasteiger partial charge in [0, 0.05) is 41.2 Å². The highest BCUT2D eigenvalue weighted by molar-refractivity contribution is 9.10. The summed E-state index contributed by atoms with van der Waals surface area (Å²) >= 11 is 4.71. The monoisotopic (exact) mass is 691 g/mol. The van der Waals surface area contributed by atoms with Gasteiger partial charge in [-0.2, -0.15) is 24.9 Å². The van der Waals surface area contributed by atoms with E-state index >= 15 is 0 Å². The number of aliphatic carboxylic acids is 1. The van der Waals surface area contributed by atoms with Crippen molar-refractivity contribution in [2.45, 2.75) is 30.8 Å². The fourth-order valence-corrected chi connectivity index (χ4v) is 5.67. The fraction of sp³-hybridized carbons (Fsp3) is 0.300. The standard InChI is InChI=1S/C30H29BrF3N5O4S/c31-22-8-6-19(7-9-22)16-23(27(41)37-24(28(42)43)18-44-17-20-4-2-1-3-5-20)36-26(40)21-11-14-39(15-12-21)29-35-13-10-25(38-29)30(32,33)34/h1-10,13,16,21,24H,11-12,14-15,17-18H2,(H,36,40)(H,37,41)(H,42,43)/b23-16+/t24-/m0/s1. The van der Waals surface area contributed by atoms with Crippen LogP contribution < -0.4 is 15.5 Å². The molecule has 0 unspecified atom stereocenters. The zero-order chi connectivity index (χ0) is 31.7. The lowest BCUT2D eigenvalue weighted by molar-refractivity contribution is -0.141. The zero-order valence-corrected chi connectivity index (χ0v) is 25.7. The molecule has 1 aliphatic rings. The molecule has 1 saturated heterocycles. The minimum absolute atomic E-state index is 0.0706. The summed E-state index contributed by atoms with van der Waals surface area (Å²) in [6.45, 7) is 0.466. The molecule has 0 radical (unpaired) electrons. The molecule has 3 N–H and O–H groups in total. The number of anilines is 1. The number of rotatable bonds is 11. The third-order valence-corrected chi connectivity index (χ3v) is 8.40. The molecule has 1 aromatic heterocycles. The molecule has 2 heterocycles. The van der Waals surface area contributed by atoms with E-state index < -0.39 is 41.6 Å². The van der Waals surface area contributed by atoms with Crippen molar-refractivity contribution >= 4 is 57.5 Å². The van der Waals surface area contributed by atoms with Crippen LogP contribution in [-0.4, -0.2) is 57.7 Å². The summed E-state index contributed by atoms with van der Waals surface area (Å²) < 4.78 is 40.1. The van der Waals surface area contributed by atoms with Gasteiger partial charge in [-0.25, -0.2) is 14.8 Å². The summed E-state index contributed by atoms with van der Waals surface area (Å²) in [5, 5.41) is 15.0. The first kappa shape index (κ1) is 33.0. The lowest BCUT2D eigenvalue weighted by Crippen LogP contribution is -2.47. The first-order valence-corrected chi connectivity index (χ1v) is 15.5. The van der Waals surface area contributed by atoms with Gasteiger partial charge in [0.15, 0.2) is 0 Å². The lowest BCUT2D eigenvalue weighted by atomic mass is 9.96. The third-order valence-electron chi connectivity index (χ3n) is 6.76. The van der Waals surface area contributed by atoms with Gasteiger partial charge in [0.25, 0.3) is 5.91 Å². The van der Waals surface area contributed by atoms with Crippen molar-refractivity contribution in [3.63, 3.8) is 0 Å². The van der Waals surface area contributed by atoms with Crippen molar-refractivity contribution in [2.75, 3.05) is 23.7 Å². The molecule has 1 atom stereocenters. The largest absolute Gasteiger partial charge is 0.480 e. The molecular formula is C30H29BrF3N5O4S. The summed E-state index contributed by atoms with van der Waals surface area (Å²) in [5.74, 6) is -2.39. The van der Waals surface area contributed by atoms with Gasteiger partial charge in [-0.3, -0.25) is 9.59 Å². The Morgan fingerprint density at radius 2 is 1.75 bits per heavy atom. The number of benzene rings is 2. The number of carboxylic acid groups (broad SMARTS) is 1. The number of nitrogens with one attached hydrogen (secondary N) is 2. The molecule has 4 rings (SSSR count). The molecule has 14 heteroatoms. The number of carbonyl (C=O) groups is 3. The van der Waals surface area contributed by atoms with Crippen molar-refractivity contribution in [3.05, 3.63) is 93.9 Å². The van der Waals surface area contributed by atoms with E-state index in [0.717, 1.165) is 22.3 Å². The van der Waals surface area contributed by atoms with Gasteiger partial charge in [0.2, 0.25) is 11.9 Å². The van der Waals surface area contributed by atoms with Crippen molar-refractivity contribution in [1.29, 1.82) is 0 Å². The van der Waals surface area contributed by atoms with Crippen LogP contribution in [0.4, 0.5) is 19.1 Å². The molecule has 1 aliphatic heterocycles. The Morgan fingerprint density at radius 3 is 2.39 bits per heavy atom. The Kier molecular flexibility index (Phi) is 11.4. The minimum atomic E-state index is -4.60.